The van der Waals surface area contributed by atoms with Crippen LogP contribution in [0, 0.1) is 17.8 Å². The lowest BCUT2D eigenvalue weighted by Crippen LogP contribution is -2.38. The Labute approximate surface area is 119 Å². The Balaban J connectivity index is 3.04. The molecule has 2 unspecified atom stereocenters. The second-order valence-electron chi connectivity index (χ2n) is 4.94. The minimum Gasteiger partial charge on any atom is -0.459 e. The first-order valence-corrected chi connectivity index (χ1v) is 6.46. The van der Waals surface area contributed by atoms with E-state index in [1.54, 1.807) is 0 Å². The predicted molar refractivity (Wildman–Crippen MR) is 72.8 cm³/mol. The molecule has 110 valence electrons. The maximum absolute atomic E-state index is 11.5. The van der Waals surface area contributed by atoms with Crippen molar-refractivity contribution >= 4 is 12.1 Å². The average molecular weight is 280 g/mol. The zero-order valence-corrected chi connectivity index (χ0v) is 12.2. The van der Waals surface area contributed by atoms with Crippen molar-refractivity contribution < 1.29 is 23.8 Å². The van der Waals surface area contributed by atoms with Crippen LogP contribution in [-0.4, -0.2) is 31.9 Å². The van der Waals surface area contributed by atoms with Crippen molar-refractivity contribution in [2.45, 2.75) is 38.2 Å². The van der Waals surface area contributed by atoms with Crippen LogP contribution in [0.3, 0.4) is 0 Å². The molecule has 5 nitrogen and oxygen atoms in total. The fourth-order valence-electron chi connectivity index (χ4n) is 2.46. The number of carbonyl (C=O) groups excluding carboxylic acids is 2. The first-order chi connectivity index (χ1) is 9.43. The maximum atomic E-state index is 11.5. The van der Waals surface area contributed by atoms with Gasteiger partial charge in [-0.1, -0.05) is 5.57 Å². The molecule has 0 radical (unpaired) electrons. The number of allylic oxidation sites excluding steroid dienone is 1. The Hall–Kier alpha value is -1.96. The normalized spacial score (nSPS) is 24.2. The molecule has 0 heterocycles. The Morgan fingerprint density at radius 1 is 1.35 bits per heavy atom. The van der Waals surface area contributed by atoms with E-state index >= 15 is 0 Å². The van der Waals surface area contributed by atoms with Crippen LogP contribution in [0.15, 0.2) is 12.2 Å². The van der Waals surface area contributed by atoms with E-state index in [0.29, 0.717) is 12.8 Å². The molecule has 1 fully saturated rings. The third kappa shape index (κ3) is 4.02. The van der Waals surface area contributed by atoms with Gasteiger partial charge in [0.05, 0.1) is 14.2 Å². The van der Waals surface area contributed by atoms with Gasteiger partial charge in [0.2, 0.25) is 0 Å². The summed E-state index contributed by atoms with van der Waals surface area (Å²) in [5, 5.41) is 0. The van der Waals surface area contributed by atoms with Crippen LogP contribution >= 0.6 is 0 Å². The van der Waals surface area contributed by atoms with Gasteiger partial charge >= 0.3 is 12.1 Å². The summed E-state index contributed by atoms with van der Waals surface area (Å²) in [6.07, 6.45) is 2.19. The number of methoxy groups -OCH3 is 2. The van der Waals surface area contributed by atoms with Crippen LogP contribution in [0.4, 0.5) is 4.79 Å². The molecule has 0 aromatic heterocycles. The van der Waals surface area contributed by atoms with Gasteiger partial charge in [-0.25, -0.2) is 9.59 Å². The van der Waals surface area contributed by atoms with Gasteiger partial charge in [-0.2, -0.15) is 0 Å². The van der Waals surface area contributed by atoms with Crippen LogP contribution in [0.1, 0.15) is 32.6 Å². The van der Waals surface area contributed by atoms with Crippen molar-refractivity contribution in [1.82, 2.24) is 0 Å². The standard InChI is InChI=1S/C15H20O5/c1-11(2)10-12-6-5-8-15(12,20-14(17)19-4)9-7-13(16)18-3/h12H,1,5-6,8,10H2,2-4H3. The van der Waals surface area contributed by atoms with E-state index in [1.165, 1.54) is 14.2 Å². The minimum absolute atomic E-state index is 0.0104. The zero-order valence-electron chi connectivity index (χ0n) is 12.2. The van der Waals surface area contributed by atoms with Crippen molar-refractivity contribution in [3.63, 3.8) is 0 Å². The Morgan fingerprint density at radius 2 is 2.05 bits per heavy atom. The summed E-state index contributed by atoms with van der Waals surface area (Å²) >= 11 is 0. The second kappa shape index (κ2) is 6.99. The Kier molecular flexibility index (Phi) is 5.63. The van der Waals surface area contributed by atoms with Gasteiger partial charge in [0.1, 0.15) is 0 Å². The molecule has 0 aliphatic heterocycles. The summed E-state index contributed by atoms with van der Waals surface area (Å²) in [6.45, 7) is 5.80. The molecular formula is C15H20O5. The maximum Gasteiger partial charge on any atom is 0.509 e. The molecule has 0 N–H and O–H groups in total. The predicted octanol–water partition coefficient (Wildman–Crippen LogP) is 2.45. The number of ether oxygens (including phenoxy) is 3. The molecule has 1 aliphatic rings. The Bertz CT molecular complexity index is 457. The van der Waals surface area contributed by atoms with E-state index < -0.39 is 17.7 Å². The summed E-state index contributed by atoms with van der Waals surface area (Å²) in [4.78, 5) is 22.7. The summed E-state index contributed by atoms with van der Waals surface area (Å²) < 4.78 is 14.4. The summed E-state index contributed by atoms with van der Waals surface area (Å²) in [6, 6.07) is 0. The number of hydrogen-bond acceptors (Lipinski definition) is 5. The topological polar surface area (TPSA) is 61.8 Å². The van der Waals surface area contributed by atoms with Crippen molar-refractivity contribution in [2.75, 3.05) is 14.2 Å². The van der Waals surface area contributed by atoms with Crippen LogP contribution in [-0.2, 0) is 19.0 Å². The van der Waals surface area contributed by atoms with Gasteiger partial charge < -0.3 is 14.2 Å². The molecule has 0 saturated heterocycles. The van der Waals surface area contributed by atoms with Crippen molar-refractivity contribution in [1.29, 1.82) is 0 Å². The summed E-state index contributed by atoms with van der Waals surface area (Å²) in [5.74, 6) is 4.51. The highest BCUT2D eigenvalue weighted by Gasteiger charge is 2.45. The third-order valence-electron chi connectivity index (χ3n) is 3.35. The van der Waals surface area contributed by atoms with Gasteiger partial charge in [-0.05, 0) is 38.5 Å². The van der Waals surface area contributed by atoms with Crippen LogP contribution in [0.2, 0.25) is 0 Å². The van der Waals surface area contributed by atoms with Crippen molar-refractivity contribution in [3.8, 4) is 11.8 Å². The highest BCUT2D eigenvalue weighted by molar-refractivity contribution is 5.88. The first-order valence-electron chi connectivity index (χ1n) is 6.46. The fourth-order valence-corrected chi connectivity index (χ4v) is 2.46. The lowest BCUT2D eigenvalue weighted by molar-refractivity contribution is -0.133. The number of esters is 1. The largest absolute Gasteiger partial charge is 0.509 e. The molecule has 20 heavy (non-hydrogen) atoms. The molecule has 0 bridgehead atoms. The highest BCUT2D eigenvalue weighted by Crippen LogP contribution is 2.42. The summed E-state index contributed by atoms with van der Waals surface area (Å²) in [7, 11) is 2.50. The molecule has 1 aliphatic carbocycles. The molecule has 1 rings (SSSR count). The molecule has 0 aromatic rings. The lowest BCUT2D eigenvalue weighted by atomic mass is 9.86. The van der Waals surface area contributed by atoms with Crippen molar-refractivity contribution in [2.24, 2.45) is 5.92 Å². The van der Waals surface area contributed by atoms with E-state index in [4.69, 9.17) is 4.74 Å². The molecule has 2 atom stereocenters. The van der Waals surface area contributed by atoms with E-state index in [0.717, 1.165) is 18.4 Å². The lowest BCUT2D eigenvalue weighted by Gasteiger charge is -2.29. The minimum atomic E-state index is -1.000. The molecular weight excluding hydrogens is 260 g/mol. The third-order valence-corrected chi connectivity index (χ3v) is 3.35. The SMILES string of the molecule is C=C(C)CC1CCCC1(C#CC(=O)OC)OC(=O)OC. The van der Waals surface area contributed by atoms with Gasteiger partial charge in [0, 0.05) is 11.8 Å². The van der Waals surface area contributed by atoms with E-state index in [1.807, 2.05) is 6.92 Å². The molecule has 1 saturated carbocycles. The monoisotopic (exact) mass is 280 g/mol. The van der Waals surface area contributed by atoms with E-state index in [2.05, 4.69) is 27.9 Å². The molecule has 0 aromatic carbocycles. The van der Waals surface area contributed by atoms with Crippen molar-refractivity contribution in [3.05, 3.63) is 12.2 Å². The number of rotatable bonds is 3. The van der Waals surface area contributed by atoms with Crippen LogP contribution in [0.25, 0.3) is 0 Å². The van der Waals surface area contributed by atoms with Crippen LogP contribution < -0.4 is 0 Å². The van der Waals surface area contributed by atoms with Gasteiger partial charge in [-0.15, -0.1) is 6.58 Å². The van der Waals surface area contributed by atoms with E-state index in [-0.39, 0.29) is 5.92 Å². The zero-order chi connectivity index (χ0) is 15.2. The van der Waals surface area contributed by atoms with Gasteiger partial charge in [0.25, 0.3) is 0 Å². The molecule has 5 heteroatoms. The van der Waals surface area contributed by atoms with Gasteiger partial charge in [0.15, 0.2) is 5.60 Å². The Morgan fingerprint density at radius 3 is 2.60 bits per heavy atom. The van der Waals surface area contributed by atoms with E-state index in [9.17, 15) is 9.59 Å². The number of carbonyl (C=O) groups is 2. The smallest absolute Gasteiger partial charge is 0.459 e. The first kappa shape index (κ1) is 16.1. The van der Waals surface area contributed by atoms with Gasteiger partial charge in [-0.3, -0.25) is 0 Å². The quantitative estimate of drug-likeness (QED) is 0.344. The highest BCUT2D eigenvalue weighted by atomic mass is 16.7. The molecule has 0 amide bonds. The summed E-state index contributed by atoms with van der Waals surface area (Å²) in [5.41, 5.74) is -0.0186. The average Bonchev–Trinajstić information content (AvgIpc) is 2.78. The number of hydrogen-bond donors (Lipinski definition) is 0. The second-order valence-corrected chi connectivity index (χ2v) is 4.94. The fraction of sp³-hybridized carbons (Fsp3) is 0.600. The van der Waals surface area contributed by atoms with Crippen LogP contribution in [0.5, 0.6) is 0 Å². The molecule has 0 spiro atoms.